The number of hydrogen-bond donors (Lipinski definition) is 0. The summed E-state index contributed by atoms with van der Waals surface area (Å²) in [6.45, 7) is 0. The molecule has 86 valence electrons. The van der Waals surface area contributed by atoms with Gasteiger partial charge in [0.25, 0.3) is 0 Å². The van der Waals surface area contributed by atoms with E-state index in [-0.39, 0.29) is 11.1 Å². The highest BCUT2D eigenvalue weighted by Crippen LogP contribution is 2.26. The first kappa shape index (κ1) is 11.8. The van der Waals surface area contributed by atoms with Crippen LogP contribution >= 0.6 is 0 Å². The highest BCUT2D eigenvalue weighted by Gasteiger charge is 2.11. The average molecular weight is 240 g/mol. The van der Waals surface area contributed by atoms with Crippen LogP contribution in [0.25, 0.3) is 11.1 Å². The number of benzene rings is 2. The molecule has 0 unspecified atom stereocenters. The molecule has 0 saturated carbocycles. The van der Waals surface area contributed by atoms with E-state index in [1.807, 2.05) is 6.07 Å². The second-order valence-electron chi connectivity index (χ2n) is 3.62. The second kappa shape index (κ2) is 4.65. The lowest BCUT2D eigenvalue weighted by Gasteiger charge is -2.05. The molecule has 18 heavy (non-hydrogen) atoms. The van der Waals surface area contributed by atoms with Crippen molar-refractivity contribution in [2.45, 2.75) is 0 Å². The van der Waals surface area contributed by atoms with Crippen LogP contribution in [0.3, 0.4) is 0 Å². The lowest BCUT2D eigenvalue weighted by atomic mass is 10.0. The van der Waals surface area contributed by atoms with Crippen molar-refractivity contribution in [1.82, 2.24) is 0 Å². The van der Waals surface area contributed by atoms with Crippen molar-refractivity contribution in [2.24, 2.45) is 0 Å². The first-order chi connectivity index (χ1) is 8.65. The van der Waals surface area contributed by atoms with Crippen LogP contribution < -0.4 is 0 Å². The monoisotopic (exact) mass is 240 g/mol. The third-order valence-corrected chi connectivity index (χ3v) is 2.48. The molecule has 0 N–H and O–H groups in total. The second-order valence-corrected chi connectivity index (χ2v) is 3.62. The predicted molar refractivity (Wildman–Crippen MR) is 61.2 cm³/mol. The van der Waals surface area contributed by atoms with Crippen molar-refractivity contribution < 1.29 is 8.78 Å². The topological polar surface area (TPSA) is 47.6 Å². The summed E-state index contributed by atoms with van der Waals surface area (Å²) in [6, 6.07) is 11.5. The molecule has 4 heteroatoms. The minimum absolute atomic E-state index is 0.0311. The molecule has 0 amide bonds. The van der Waals surface area contributed by atoms with Crippen molar-refractivity contribution in [1.29, 1.82) is 10.5 Å². The van der Waals surface area contributed by atoms with E-state index in [2.05, 4.69) is 0 Å². The molecule has 0 aliphatic carbocycles. The van der Waals surface area contributed by atoms with Gasteiger partial charge in [0.1, 0.15) is 17.7 Å². The number of halogens is 2. The summed E-state index contributed by atoms with van der Waals surface area (Å²) in [4.78, 5) is 0. The predicted octanol–water partition coefficient (Wildman–Crippen LogP) is 3.38. The van der Waals surface area contributed by atoms with Gasteiger partial charge in [0.15, 0.2) is 0 Å². The van der Waals surface area contributed by atoms with Gasteiger partial charge in [0.2, 0.25) is 0 Å². The van der Waals surface area contributed by atoms with Crippen molar-refractivity contribution in [3.8, 4) is 23.3 Å². The van der Waals surface area contributed by atoms with Gasteiger partial charge < -0.3 is 0 Å². The summed E-state index contributed by atoms with van der Waals surface area (Å²) in [5.41, 5.74) is 0.447. The van der Waals surface area contributed by atoms with Crippen LogP contribution in [-0.2, 0) is 0 Å². The van der Waals surface area contributed by atoms with Crippen molar-refractivity contribution >= 4 is 0 Å². The summed E-state index contributed by atoms with van der Waals surface area (Å²) in [5.74, 6) is -1.47. The summed E-state index contributed by atoms with van der Waals surface area (Å²) in [5, 5.41) is 17.3. The Morgan fingerprint density at radius 2 is 1.67 bits per heavy atom. The van der Waals surface area contributed by atoms with Gasteiger partial charge in [0, 0.05) is 5.56 Å². The molecule has 0 radical (unpaired) electrons. The van der Waals surface area contributed by atoms with Gasteiger partial charge in [-0.1, -0.05) is 12.1 Å². The van der Waals surface area contributed by atoms with Crippen molar-refractivity contribution in [3.05, 3.63) is 59.2 Å². The summed E-state index contributed by atoms with van der Waals surface area (Å²) in [6.07, 6.45) is 0. The molecule has 0 atom stereocenters. The Bertz CT molecular complexity index is 694. The van der Waals surface area contributed by atoms with E-state index in [1.54, 1.807) is 24.3 Å². The Hall–Kier alpha value is -2.72. The molecule has 0 aliphatic rings. The van der Waals surface area contributed by atoms with Gasteiger partial charge in [-0.2, -0.15) is 10.5 Å². The van der Waals surface area contributed by atoms with E-state index in [9.17, 15) is 8.78 Å². The first-order valence-electron chi connectivity index (χ1n) is 5.05. The Labute approximate surface area is 102 Å². The minimum atomic E-state index is -0.781. The normalized spacial score (nSPS) is 9.56. The van der Waals surface area contributed by atoms with Gasteiger partial charge in [-0.3, -0.25) is 0 Å². The average Bonchev–Trinajstić information content (AvgIpc) is 2.41. The third-order valence-electron chi connectivity index (χ3n) is 2.48. The Morgan fingerprint density at radius 1 is 0.889 bits per heavy atom. The largest absolute Gasteiger partial charge is 0.206 e. The summed E-state index contributed by atoms with van der Waals surface area (Å²) < 4.78 is 27.2. The molecule has 0 spiro atoms. The number of rotatable bonds is 1. The van der Waals surface area contributed by atoms with Crippen LogP contribution in [0.15, 0.2) is 36.4 Å². The van der Waals surface area contributed by atoms with Crippen LogP contribution in [0.5, 0.6) is 0 Å². The first-order valence-corrected chi connectivity index (χ1v) is 5.05. The molecule has 0 fully saturated rings. The quantitative estimate of drug-likeness (QED) is 0.767. The smallest absolute Gasteiger partial charge is 0.141 e. The fraction of sp³-hybridized carbons (Fsp3) is 0. The van der Waals surface area contributed by atoms with E-state index >= 15 is 0 Å². The van der Waals surface area contributed by atoms with E-state index in [0.29, 0.717) is 11.1 Å². The fourth-order valence-electron chi connectivity index (χ4n) is 1.61. The fourth-order valence-corrected chi connectivity index (χ4v) is 1.61. The molecule has 2 nitrogen and oxygen atoms in total. The molecule has 0 aromatic heterocycles. The summed E-state index contributed by atoms with van der Waals surface area (Å²) in [7, 11) is 0. The van der Waals surface area contributed by atoms with Crippen LogP contribution in [0.2, 0.25) is 0 Å². The number of hydrogen-bond acceptors (Lipinski definition) is 2. The van der Waals surface area contributed by atoms with Gasteiger partial charge in [-0.15, -0.1) is 0 Å². The molecule has 0 saturated heterocycles. The highest BCUT2D eigenvalue weighted by molar-refractivity contribution is 5.66. The maximum absolute atomic E-state index is 13.7. The van der Waals surface area contributed by atoms with Crippen molar-refractivity contribution in [2.75, 3.05) is 0 Å². The lowest BCUT2D eigenvalue weighted by Crippen LogP contribution is -1.91. The zero-order valence-electron chi connectivity index (χ0n) is 9.11. The van der Waals surface area contributed by atoms with Gasteiger partial charge in [-0.05, 0) is 29.8 Å². The zero-order chi connectivity index (χ0) is 13.1. The molecule has 0 heterocycles. The van der Waals surface area contributed by atoms with Gasteiger partial charge >= 0.3 is 0 Å². The minimum Gasteiger partial charge on any atom is -0.206 e. The maximum atomic E-state index is 13.7. The number of nitrogens with zero attached hydrogens (tertiary/aromatic N) is 2. The molecule has 0 bridgehead atoms. The third kappa shape index (κ3) is 2.05. The van der Waals surface area contributed by atoms with E-state index in [0.717, 1.165) is 12.1 Å². The molecular weight excluding hydrogens is 234 g/mol. The van der Waals surface area contributed by atoms with E-state index in [4.69, 9.17) is 10.5 Å². The molecule has 2 rings (SSSR count). The van der Waals surface area contributed by atoms with E-state index in [1.165, 1.54) is 6.07 Å². The summed E-state index contributed by atoms with van der Waals surface area (Å²) >= 11 is 0. The van der Waals surface area contributed by atoms with Gasteiger partial charge in [0.05, 0.1) is 17.2 Å². The molecule has 2 aromatic carbocycles. The molecular formula is C14H6F2N2. The molecule has 0 aliphatic heterocycles. The Morgan fingerprint density at radius 3 is 2.33 bits per heavy atom. The maximum Gasteiger partial charge on any atom is 0.141 e. The molecule has 2 aromatic rings. The van der Waals surface area contributed by atoms with E-state index < -0.39 is 11.6 Å². The van der Waals surface area contributed by atoms with Crippen molar-refractivity contribution in [3.63, 3.8) is 0 Å². The zero-order valence-corrected chi connectivity index (χ0v) is 9.11. The lowest BCUT2D eigenvalue weighted by molar-refractivity contribution is 0.600. The highest BCUT2D eigenvalue weighted by atomic mass is 19.1. The van der Waals surface area contributed by atoms with Gasteiger partial charge in [-0.25, -0.2) is 8.78 Å². The Balaban J connectivity index is 2.62. The standard InChI is InChI=1S/C14H6F2N2/c15-13-6-12(14(16)5-11(13)8-18)10-3-1-2-9(4-10)7-17/h1-6H. The Kier molecular flexibility index (Phi) is 3.03. The number of nitriles is 2. The van der Waals surface area contributed by atoms with Crippen LogP contribution in [0, 0.1) is 34.3 Å². The van der Waals surface area contributed by atoms with Crippen LogP contribution in [-0.4, -0.2) is 0 Å². The SMILES string of the molecule is N#Cc1cccc(-c2cc(F)c(C#N)cc2F)c1. The van der Waals surface area contributed by atoms with Crippen LogP contribution in [0.1, 0.15) is 11.1 Å². The van der Waals surface area contributed by atoms with Crippen LogP contribution in [0.4, 0.5) is 8.78 Å².